The lowest BCUT2D eigenvalue weighted by molar-refractivity contribution is 0.284. The summed E-state index contributed by atoms with van der Waals surface area (Å²) in [6.45, 7) is 0. The van der Waals surface area contributed by atoms with E-state index >= 15 is 0 Å². The second-order valence-electron chi connectivity index (χ2n) is 4.98. The Morgan fingerprint density at radius 1 is 1.12 bits per heavy atom. The minimum atomic E-state index is -4.78. The molecule has 0 fully saturated rings. The number of benzene rings is 2. The van der Waals surface area contributed by atoms with E-state index in [9.17, 15) is 8.96 Å². The molecule has 2 aromatic carbocycles. The predicted octanol–water partition coefficient (Wildman–Crippen LogP) is 3.52. The molecule has 0 amide bonds. The molecule has 0 saturated carbocycles. The van der Waals surface area contributed by atoms with Gasteiger partial charge in [-0.3, -0.25) is 9.79 Å². The number of nitrogens with zero attached hydrogens (tertiary/aromatic N) is 1. The number of phosphoric ester groups is 1. The fourth-order valence-corrected chi connectivity index (χ4v) is 2.71. The van der Waals surface area contributed by atoms with Gasteiger partial charge in [-0.15, -0.1) is 0 Å². The normalized spacial score (nSPS) is 11.5. The zero-order valence-electron chi connectivity index (χ0n) is 12.5. The van der Waals surface area contributed by atoms with Gasteiger partial charge in [-0.25, -0.2) is 13.9 Å². The summed E-state index contributed by atoms with van der Waals surface area (Å²) in [7, 11) is -3.31. The summed E-state index contributed by atoms with van der Waals surface area (Å²) < 4.78 is 34.6. The molecule has 2 N–H and O–H groups in total. The quantitative estimate of drug-likeness (QED) is 0.701. The highest BCUT2D eigenvalue weighted by atomic mass is 31.2. The number of methoxy groups -OCH3 is 1. The van der Waals surface area contributed by atoms with Gasteiger partial charge in [0.15, 0.2) is 0 Å². The first-order valence-electron chi connectivity index (χ1n) is 6.85. The minimum Gasteiger partial charge on any atom is -0.497 e. The van der Waals surface area contributed by atoms with Crippen molar-refractivity contribution in [3.8, 4) is 22.8 Å². The van der Waals surface area contributed by atoms with E-state index in [1.54, 1.807) is 24.3 Å². The highest BCUT2D eigenvalue weighted by Crippen LogP contribution is 2.42. The molecule has 124 valence electrons. The summed E-state index contributed by atoms with van der Waals surface area (Å²) in [4.78, 5) is 22.7. The van der Waals surface area contributed by atoms with E-state index in [1.807, 2.05) is 0 Å². The van der Waals surface area contributed by atoms with Crippen molar-refractivity contribution in [2.24, 2.45) is 0 Å². The number of fused-ring (bicyclic) bond motifs is 1. The Morgan fingerprint density at radius 3 is 2.58 bits per heavy atom. The van der Waals surface area contributed by atoms with Crippen LogP contribution in [0.4, 0.5) is 4.39 Å². The molecule has 1 heterocycles. The first-order valence-corrected chi connectivity index (χ1v) is 8.38. The molecule has 0 radical (unpaired) electrons. The van der Waals surface area contributed by atoms with Crippen LogP contribution in [0.15, 0.2) is 48.5 Å². The number of aromatic nitrogens is 1. The molecule has 0 bridgehead atoms. The molecule has 0 saturated heterocycles. The highest BCUT2D eigenvalue weighted by Gasteiger charge is 2.20. The third-order valence-electron chi connectivity index (χ3n) is 3.32. The van der Waals surface area contributed by atoms with Crippen LogP contribution in [-0.4, -0.2) is 21.9 Å². The molecule has 1 aromatic heterocycles. The number of halogens is 1. The van der Waals surface area contributed by atoms with E-state index in [2.05, 4.69) is 4.98 Å². The van der Waals surface area contributed by atoms with Crippen molar-refractivity contribution in [3.63, 3.8) is 0 Å². The summed E-state index contributed by atoms with van der Waals surface area (Å²) in [6.07, 6.45) is 0. The zero-order chi connectivity index (χ0) is 17.3. The third kappa shape index (κ3) is 3.54. The van der Waals surface area contributed by atoms with Crippen molar-refractivity contribution in [3.05, 3.63) is 54.3 Å². The summed E-state index contributed by atoms with van der Waals surface area (Å²) in [5, 5.41) is 0.373. The van der Waals surface area contributed by atoms with Crippen molar-refractivity contribution >= 4 is 18.7 Å². The molecule has 24 heavy (non-hydrogen) atoms. The highest BCUT2D eigenvalue weighted by molar-refractivity contribution is 7.46. The number of rotatable bonds is 4. The SMILES string of the molecule is COc1ccc2nc(-c3cccc(F)c3)cc(OP(=O)(O)O)c2c1. The van der Waals surface area contributed by atoms with E-state index in [4.69, 9.17) is 19.0 Å². The lowest BCUT2D eigenvalue weighted by atomic mass is 10.1. The van der Waals surface area contributed by atoms with Crippen molar-refractivity contribution in [1.82, 2.24) is 4.98 Å². The van der Waals surface area contributed by atoms with Crippen LogP contribution in [0.1, 0.15) is 0 Å². The van der Waals surface area contributed by atoms with Crippen molar-refractivity contribution < 1.29 is 28.0 Å². The largest absolute Gasteiger partial charge is 0.524 e. The lowest BCUT2D eigenvalue weighted by Gasteiger charge is -2.13. The molecule has 3 rings (SSSR count). The van der Waals surface area contributed by atoms with Crippen LogP contribution in [0.5, 0.6) is 11.5 Å². The topological polar surface area (TPSA) is 88.9 Å². The fraction of sp³-hybridized carbons (Fsp3) is 0.0625. The van der Waals surface area contributed by atoms with Gasteiger partial charge in [-0.1, -0.05) is 12.1 Å². The van der Waals surface area contributed by atoms with E-state index in [0.717, 1.165) is 0 Å². The number of hydrogen-bond donors (Lipinski definition) is 2. The van der Waals surface area contributed by atoms with Crippen LogP contribution < -0.4 is 9.26 Å². The van der Waals surface area contributed by atoms with Gasteiger partial charge in [-0.2, -0.15) is 0 Å². The first-order chi connectivity index (χ1) is 11.4. The van der Waals surface area contributed by atoms with Crippen molar-refractivity contribution in [2.75, 3.05) is 7.11 Å². The van der Waals surface area contributed by atoms with E-state index in [0.29, 0.717) is 27.9 Å². The number of pyridine rings is 1. The van der Waals surface area contributed by atoms with Crippen molar-refractivity contribution in [1.29, 1.82) is 0 Å². The van der Waals surface area contributed by atoms with Crippen LogP contribution >= 0.6 is 7.82 Å². The second kappa shape index (κ2) is 6.20. The maximum Gasteiger partial charge on any atom is 0.524 e. The van der Waals surface area contributed by atoms with Gasteiger partial charge in [0.05, 0.1) is 18.3 Å². The molecule has 0 atom stereocenters. The Morgan fingerprint density at radius 2 is 1.92 bits per heavy atom. The molecular formula is C16H13FNO5P. The molecule has 0 aliphatic carbocycles. The van der Waals surface area contributed by atoms with Gasteiger partial charge in [0, 0.05) is 17.0 Å². The standard InChI is InChI=1S/C16H13FNO5P/c1-22-12-5-6-14-13(8-12)16(23-24(19,20)21)9-15(18-14)10-3-2-4-11(17)7-10/h2-9H,1H3,(H2,19,20,21). The molecule has 6 nitrogen and oxygen atoms in total. The van der Waals surface area contributed by atoms with Gasteiger partial charge in [0.25, 0.3) is 0 Å². The van der Waals surface area contributed by atoms with Crippen LogP contribution in [0.3, 0.4) is 0 Å². The Balaban J connectivity index is 2.24. The Bertz CT molecular complexity index is 956. The summed E-state index contributed by atoms with van der Waals surface area (Å²) in [5.74, 6) is -0.0218. The van der Waals surface area contributed by atoms with Crippen LogP contribution in [0.2, 0.25) is 0 Å². The Hall–Kier alpha value is -2.47. The Kier molecular flexibility index (Phi) is 4.24. The maximum absolute atomic E-state index is 13.4. The molecular weight excluding hydrogens is 336 g/mol. The molecule has 0 spiro atoms. The van der Waals surface area contributed by atoms with E-state index in [1.165, 1.54) is 31.4 Å². The molecule has 0 aliphatic rings. The third-order valence-corrected chi connectivity index (χ3v) is 3.75. The Labute approximate surface area is 136 Å². The van der Waals surface area contributed by atoms with Crippen LogP contribution in [0.25, 0.3) is 22.2 Å². The van der Waals surface area contributed by atoms with Crippen LogP contribution in [-0.2, 0) is 4.57 Å². The summed E-state index contributed by atoms with van der Waals surface area (Å²) >= 11 is 0. The zero-order valence-corrected chi connectivity index (χ0v) is 13.4. The first kappa shape index (κ1) is 16.4. The number of phosphoric acid groups is 1. The summed E-state index contributed by atoms with van der Waals surface area (Å²) in [6, 6.07) is 11.9. The summed E-state index contributed by atoms with van der Waals surface area (Å²) in [5.41, 5.74) is 1.22. The molecule has 3 aromatic rings. The predicted molar refractivity (Wildman–Crippen MR) is 86.4 cm³/mol. The second-order valence-corrected chi connectivity index (χ2v) is 6.14. The molecule has 0 unspecified atom stereocenters. The van der Waals surface area contributed by atoms with Gasteiger partial charge >= 0.3 is 7.82 Å². The van der Waals surface area contributed by atoms with E-state index < -0.39 is 13.6 Å². The average molecular weight is 349 g/mol. The van der Waals surface area contributed by atoms with Crippen molar-refractivity contribution in [2.45, 2.75) is 0 Å². The monoisotopic (exact) mass is 349 g/mol. The maximum atomic E-state index is 13.4. The fourth-order valence-electron chi connectivity index (χ4n) is 2.30. The number of ether oxygens (including phenoxy) is 1. The van der Waals surface area contributed by atoms with Crippen LogP contribution in [0, 0.1) is 5.82 Å². The van der Waals surface area contributed by atoms with Gasteiger partial charge in [0.1, 0.15) is 17.3 Å². The van der Waals surface area contributed by atoms with Gasteiger partial charge < -0.3 is 9.26 Å². The smallest absolute Gasteiger partial charge is 0.497 e. The molecule has 8 heteroatoms. The van der Waals surface area contributed by atoms with Gasteiger partial charge in [0.2, 0.25) is 0 Å². The average Bonchev–Trinajstić information content (AvgIpc) is 2.53. The lowest BCUT2D eigenvalue weighted by Crippen LogP contribution is -1.95. The van der Waals surface area contributed by atoms with Gasteiger partial charge in [-0.05, 0) is 30.3 Å². The minimum absolute atomic E-state index is 0.0634. The number of hydrogen-bond acceptors (Lipinski definition) is 4. The van der Waals surface area contributed by atoms with E-state index in [-0.39, 0.29) is 5.75 Å². The molecule has 0 aliphatic heterocycles.